The van der Waals surface area contributed by atoms with Crippen molar-refractivity contribution >= 4 is 43.6 Å². The molecule has 10 aromatic rings. The maximum absolute atomic E-state index is 9.78. The van der Waals surface area contributed by atoms with Crippen molar-refractivity contribution in [2.24, 2.45) is 0 Å². The quantitative estimate of drug-likeness (QED) is 0.180. The Labute approximate surface area is 308 Å². The van der Waals surface area contributed by atoms with Crippen LogP contribution >= 0.6 is 0 Å². The Hall–Kier alpha value is -7.56. The fraction of sp³-hybridized carbons (Fsp3) is 0.0213. The Morgan fingerprint density at radius 1 is 0.537 bits per heavy atom. The molecule has 6 heterocycles. The maximum Gasteiger partial charge on any atom is 0.156 e. The van der Waals surface area contributed by atoms with Crippen LogP contribution in [0.4, 0.5) is 0 Å². The van der Waals surface area contributed by atoms with Gasteiger partial charge in [-0.2, -0.15) is 5.26 Å². The molecule has 1 unspecified atom stereocenters. The zero-order valence-corrected chi connectivity index (χ0v) is 28.6. The van der Waals surface area contributed by atoms with Gasteiger partial charge in [0.2, 0.25) is 0 Å². The van der Waals surface area contributed by atoms with Crippen molar-refractivity contribution < 1.29 is 4.74 Å². The molecule has 0 bridgehead atoms. The van der Waals surface area contributed by atoms with Crippen molar-refractivity contribution in [1.29, 1.82) is 5.26 Å². The smallest absolute Gasteiger partial charge is 0.156 e. The van der Waals surface area contributed by atoms with Crippen molar-refractivity contribution in [1.82, 2.24) is 24.1 Å². The van der Waals surface area contributed by atoms with E-state index in [1.807, 2.05) is 61.2 Å². The second kappa shape index (κ2) is 10.5. The number of hydrogen-bond donors (Lipinski definition) is 0. The molecule has 0 amide bonds. The van der Waals surface area contributed by atoms with Crippen LogP contribution in [0.1, 0.15) is 27.8 Å². The van der Waals surface area contributed by atoms with Gasteiger partial charge in [-0.15, -0.1) is 0 Å². The predicted molar refractivity (Wildman–Crippen MR) is 211 cm³/mol. The lowest BCUT2D eigenvalue weighted by Crippen LogP contribution is -2.32. The minimum absolute atomic E-state index is 0.628. The number of aromatic nitrogens is 5. The summed E-state index contributed by atoms with van der Waals surface area (Å²) in [7, 11) is 0. The van der Waals surface area contributed by atoms with Crippen LogP contribution < -0.4 is 4.74 Å². The molecule has 0 N–H and O–H groups in total. The number of nitrogens with zero attached hydrogens (tertiary/aromatic N) is 6. The van der Waals surface area contributed by atoms with Gasteiger partial charge >= 0.3 is 0 Å². The number of hydrogen-bond acceptors (Lipinski definition) is 5. The van der Waals surface area contributed by atoms with Crippen molar-refractivity contribution in [3.05, 3.63) is 186 Å². The van der Waals surface area contributed by atoms with Crippen molar-refractivity contribution in [3.8, 4) is 40.3 Å². The van der Waals surface area contributed by atoms with Crippen LogP contribution in [0.3, 0.4) is 0 Å². The molecule has 1 spiro atoms. The normalized spacial score (nSPS) is 15.2. The van der Waals surface area contributed by atoms with Crippen LogP contribution in [0.15, 0.2) is 158 Å². The van der Waals surface area contributed by atoms with E-state index < -0.39 is 5.41 Å². The van der Waals surface area contributed by atoms with Crippen LogP contribution in [-0.2, 0) is 5.41 Å². The average Bonchev–Trinajstić information content (AvgIpc) is 3.85. The molecule has 5 aromatic carbocycles. The molecule has 7 nitrogen and oxygen atoms in total. The van der Waals surface area contributed by atoms with Crippen LogP contribution in [0, 0.1) is 11.3 Å². The molecule has 5 aromatic heterocycles. The summed E-state index contributed by atoms with van der Waals surface area (Å²) in [6, 6.07) is 48.5. The summed E-state index contributed by atoms with van der Waals surface area (Å²) in [5, 5.41) is 14.2. The topological polar surface area (TPSA) is 81.5 Å². The second-order valence-electron chi connectivity index (χ2n) is 13.9. The summed E-state index contributed by atoms with van der Waals surface area (Å²) in [5.41, 5.74) is 11.7. The first-order valence-electron chi connectivity index (χ1n) is 17.9. The highest BCUT2D eigenvalue weighted by atomic mass is 16.5. The standard InChI is InChI=1S/C47H26N6O/c48-25-28-18-19-40-33(23-28)31-10-2-4-14-38(31)52(40)29-24-37-45(51-26-29)44-35(13-8-21-50-44)47(37)34-11-3-6-17-43(34)54-46-36(47)12-7-16-41(46)53-39-15-5-1-9-30(39)32-20-22-49-27-42(32)53/h1-24,26-27H. The fourth-order valence-corrected chi connectivity index (χ4v) is 9.29. The minimum atomic E-state index is -0.800. The SMILES string of the molecule is N#Cc1ccc2c(c1)c1ccccc1n2-c1cnc2c(c1)C1(c3ccccc3Oc3c(-n4c5ccccc5c5ccncc54)cccc31)c1cccnc1-2. The Morgan fingerprint density at radius 2 is 1.26 bits per heavy atom. The third-order valence-electron chi connectivity index (χ3n) is 11.4. The van der Waals surface area contributed by atoms with Crippen LogP contribution in [0.2, 0.25) is 0 Å². The first-order valence-corrected chi connectivity index (χ1v) is 17.9. The summed E-state index contributed by atoms with van der Waals surface area (Å²) in [6.45, 7) is 0. The van der Waals surface area contributed by atoms with E-state index in [0.29, 0.717) is 5.56 Å². The number of pyridine rings is 3. The number of benzene rings is 5. The van der Waals surface area contributed by atoms with E-state index in [0.717, 1.165) is 100 Å². The zero-order valence-electron chi connectivity index (χ0n) is 28.6. The lowest BCUT2D eigenvalue weighted by Gasteiger charge is -2.39. The average molecular weight is 691 g/mol. The second-order valence-corrected chi connectivity index (χ2v) is 13.9. The summed E-state index contributed by atoms with van der Waals surface area (Å²) in [4.78, 5) is 14.8. The molecular weight excluding hydrogens is 665 g/mol. The summed E-state index contributed by atoms with van der Waals surface area (Å²) >= 11 is 0. The van der Waals surface area contributed by atoms with E-state index in [-0.39, 0.29) is 0 Å². The van der Waals surface area contributed by atoms with E-state index in [2.05, 4.69) is 117 Å². The zero-order chi connectivity index (χ0) is 35.5. The first-order chi connectivity index (χ1) is 26.8. The Bertz CT molecular complexity index is 3240. The molecule has 2 aliphatic rings. The Morgan fingerprint density at radius 3 is 2.15 bits per heavy atom. The van der Waals surface area contributed by atoms with Gasteiger partial charge in [-0.05, 0) is 66.2 Å². The number of ether oxygens (including phenoxy) is 1. The minimum Gasteiger partial charge on any atom is -0.454 e. The van der Waals surface area contributed by atoms with Crippen molar-refractivity contribution in [2.45, 2.75) is 5.41 Å². The Kier molecular flexibility index (Phi) is 5.65. The van der Waals surface area contributed by atoms with E-state index >= 15 is 0 Å². The van der Waals surface area contributed by atoms with Gasteiger partial charge in [-0.3, -0.25) is 15.0 Å². The molecule has 0 saturated heterocycles. The molecular formula is C47H26N6O. The molecule has 0 saturated carbocycles. The van der Waals surface area contributed by atoms with Gasteiger partial charge in [0, 0.05) is 50.6 Å². The van der Waals surface area contributed by atoms with E-state index in [4.69, 9.17) is 14.7 Å². The van der Waals surface area contributed by atoms with Gasteiger partial charge in [0.25, 0.3) is 0 Å². The van der Waals surface area contributed by atoms with E-state index in [9.17, 15) is 5.26 Å². The molecule has 0 fully saturated rings. The van der Waals surface area contributed by atoms with Gasteiger partial charge < -0.3 is 13.9 Å². The largest absolute Gasteiger partial charge is 0.454 e. The molecule has 1 aliphatic heterocycles. The van der Waals surface area contributed by atoms with Crippen LogP contribution in [0.25, 0.3) is 66.4 Å². The van der Waals surface area contributed by atoms with E-state index in [1.54, 1.807) is 0 Å². The third kappa shape index (κ3) is 3.56. The molecule has 1 atom stereocenters. The number of rotatable bonds is 2. The number of nitriles is 1. The van der Waals surface area contributed by atoms with E-state index in [1.165, 1.54) is 0 Å². The highest BCUT2D eigenvalue weighted by molar-refractivity contribution is 6.10. The Balaban J connectivity index is 1.20. The van der Waals surface area contributed by atoms with Gasteiger partial charge in [-0.25, -0.2) is 0 Å². The molecule has 1 aliphatic carbocycles. The monoisotopic (exact) mass is 690 g/mol. The predicted octanol–water partition coefficient (Wildman–Crippen LogP) is 10.4. The molecule has 7 heteroatoms. The summed E-state index contributed by atoms with van der Waals surface area (Å²) in [5.74, 6) is 1.56. The van der Waals surface area contributed by atoms with Crippen molar-refractivity contribution in [3.63, 3.8) is 0 Å². The maximum atomic E-state index is 9.78. The molecule has 12 rings (SSSR count). The van der Waals surface area contributed by atoms with Gasteiger partial charge in [0.05, 0.1) is 74.3 Å². The van der Waals surface area contributed by atoms with Gasteiger partial charge in [-0.1, -0.05) is 72.8 Å². The number of para-hydroxylation sites is 4. The molecule has 0 radical (unpaired) electrons. The summed E-state index contributed by atoms with van der Waals surface area (Å²) < 4.78 is 11.6. The van der Waals surface area contributed by atoms with Crippen LogP contribution in [0.5, 0.6) is 11.5 Å². The van der Waals surface area contributed by atoms with Crippen LogP contribution in [-0.4, -0.2) is 24.1 Å². The molecule has 250 valence electrons. The first kappa shape index (κ1) is 29.1. The number of fused-ring (bicyclic) bond motifs is 15. The lowest BCUT2D eigenvalue weighted by molar-refractivity contribution is 0.434. The fourth-order valence-electron chi connectivity index (χ4n) is 9.29. The highest BCUT2D eigenvalue weighted by Crippen LogP contribution is 2.62. The molecule has 54 heavy (non-hydrogen) atoms. The van der Waals surface area contributed by atoms with Gasteiger partial charge in [0.1, 0.15) is 5.75 Å². The highest BCUT2D eigenvalue weighted by Gasteiger charge is 2.53. The van der Waals surface area contributed by atoms with Gasteiger partial charge in [0.15, 0.2) is 5.75 Å². The summed E-state index contributed by atoms with van der Waals surface area (Å²) in [6.07, 6.45) is 7.59. The lowest BCUT2D eigenvalue weighted by atomic mass is 9.66. The third-order valence-corrected chi connectivity index (χ3v) is 11.4. The van der Waals surface area contributed by atoms with Crippen molar-refractivity contribution in [2.75, 3.05) is 0 Å².